The van der Waals surface area contributed by atoms with E-state index in [4.69, 9.17) is 0 Å². The van der Waals surface area contributed by atoms with Crippen LogP contribution in [0, 0.1) is 5.82 Å². The third-order valence-corrected chi connectivity index (χ3v) is 4.77. The van der Waals surface area contributed by atoms with Crippen molar-refractivity contribution in [2.75, 3.05) is 5.32 Å². The number of hydrogen-bond donors (Lipinski definition) is 1. The van der Waals surface area contributed by atoms with Gasteiger partial charge >= 0.3 is 0 Å². The first kappa shape index (κ1) is 16.4. The maximum atomic E-state index is 14.4. The molecule has 0 aliphatic rings. The van der Waals surface area contributed by atoms with Crippen LogP contribution in [-0.4, -0.2) is 19.7 Å². The van der Waals surface area contributed by atoms with E-state index in [0.717, 1.165) is 27.4 Å². The van der Waals surface area contributed by atoms with Crippen molar-refractivity contribution in [1.29, 1.82) is 0 Å². The molecule has 0 saturated carbocycles. The highest BCUT2D eigenvalue weighted by molar-refractivity contribution is 5.87. The standard InChI is InChI=1S/C22H16FN5/c1-28-20-9-8-18(11-17(20)12-25-28)26-22-24-13-19(23)21(27-22)16-7-6-14-4-2-3-5-15(14)10-16/h2-13H,1H3,(H,24,26,27). The molecule has 0 aliphatic heterocycles. The average molecular weight is 369 g/mol. The highest BCUT2D eigenvalue weighted by Crippen LogP contribution is 2.27. The molecule has 0 fully saturated rings. The van der Waals surface area contributed by atoms with Crippen molar-refractivity contribution in [3.05, 3.63) is 78.9 Å². The van der Waals surface area contributed by atoms with Crippen LogP contribution in [0.15, 0.2) is 73.1 Å². The molecule has 0 radical (unpaired) electrons. The molecule has 5 aromatic rings. The monoisotopic (exact) mass is 369 g/mol. The highest BCUT2D eigenvalue weighted by Gasteiger charge is 2.11. The first-order chi connectivity index (χ1) is 13.7. The van der Waals surface area contributed by atoms with Gasteiger partial charge in [-0.1, -0.05) is 36.4 Å². The Morgan fingerprint density at radius 1 is 0.893 bits per heavy atom. The number of aromatic nitrogens is 4. The lowest BCUT2D eigenvalue weighted by Crippen LogP contribution is -2.00. The number of benzene rings is 3. The molecule has 5 nitrogen and oxygen atoms in total. The molecule has 0 atom stereocenters. The molecule has 0 spiro atoms. The van der Waals surface area contributed by atoms with Gasteiger partial charge in [0.15, 0.2) is 5.82 Å². The van der Waals surface area contributed by atoms with Gasteiger partial charge in [-0.2, -0.15) is 5.10 Å². The number of fused-ring (bicyclic) bond motifs is 2. The number of aryl methyl sites for hydroxylation is 1. The predicted octanol–water partition coefficient (Wildman–Crippen LogP) is 5.07. The van der Waals surface area contributed by atoms with E-state index in [0.29, 0.717) is 11.5 Å². The van der Waals surface area contributed by atoms with Gasteiger partial charge in [0.05, 0.1) is 17.9 Å². The smallest absolute Gasteiger partial charge is 0.227 e. The second-order valence-corrected chi connectivity index (χ2v) is 6.62. The van der Waals surface area contributed by atoms with Crippen molar-refractivity contribution in [2.24, 2.45) is 7.05 Å². The van der Waals surface area contributed by atoms with Gasteiger partial charge in [0.1, 0.15) is 5.69 Å². The van der Waals surface area contributed by atoms with E-state index in [1.54, 1.807) is 6.20 Å². The van der Waals surface area contributed by atoms with Gasteiger partial charge in [-0.15, -0.1) is 0 Å². The van der Waals surface area contributed by atoms with Gasteiger partial charge in [0.25, 0.3) is 0 Å². The normalized spacial score (nSPS) is 11.2. The Labute approximate surface area is 160 Å². The van der Waals surface area contributed by atoms with Gasteiger partial charge in [0, 0.05) is 23.7 Å². The van der Waals surface area contributed by atoms with Crippen LogP contribution in [0.1, 0.15) is 0 Å². The lowest BCUT2D eigenvalue weighted by Gasteiger charge is -2.09. The fourth-order valence-electron chi connectivity index (χ4n) is 3.34. The van der Waals surface area contributed by atoms with E-state index in [-0.39, 0.29) is 5.69 Å². The molecule has 136 valence electrons. The molecule has 0 amide bonds. The molecular formula is C22H16FN5. The summed E-state index contributed by atoms with van der Waals surface area (Å²) in [5, 5.41) is 10.5. The molecule has 2 heterocycles. The van der Waals surface area contributed by atoms with Crippen molar-refractivity contribution < 1.29 is 4.39 Å². The number of halogens is 1. The van der Waals surface area contributed by atoms with Gasteiger partial charge < -0.3 is 5.32 Å². The minimum Gasteiger partial charge on any atom is -0.324 e. The number of rotatable bonds is 3. The Hall–Kier alpha value is -3.80. The Bertz CT molecular complexity index is 1330. The number of nitrogens with one attached hydrogen (secondary N) is 1. The van der Waals surface area contributed by atoms with Crippen LogP contribution in [0.5, 0.6) is 0 Å². The van der Waals surface area contributed by atoms with E-state index < -0.39 is 5.82 Å². The van der Waals surface area contributed by atoms with Gasteiger partial charge in [0.2, 0.25) is 5.95 Å². The Morgan fingerprint density at radius 3 is 2.64 bits per heavy atom. The Morgan fingerprint density at radius 2 is 1.75 bits per heavy atom. The molecule has 6 heteroatoms. The number of hydrogen-bond acceptors (Lipinski definition) is 4. The average Bonchev–Trinajstić information content (AvgIpc) is 3.09. The van der Waals surface area contributed by atoms with E-state index in [2.05, 4.69) is 20.4 Å². The summed E-state index contributed by atoms with van der Waals surface area (Å²) in [6.07, 6.45) is 3.00. The van der Waals surface area contributed by atoms with Crippen LogP contribution in [0.3, 0.4) is 0 Å². The lowest BCUT2D eigenvalue weighted by molar-refractivity contribution is 0.619. The van der Waals surface area contributed by atoms with Crippen molar-refractivity contribution in [3.8, 4) is 11.3 Å². The summed E-state index contributed by atoms with van der Waals surface area (Å²) in [7, 11) is 1.90. The zero-order valence-corrected chi connectivity index (χ0v) is 15.1. The summed E-state index contributed by atoms with van der Waals surface area (Å²) in [6.45, 7) is 0. The summed E-state index contributed by atoms with van der Waals surface area (Å²) < 4.78 is 16.3. The predicted molar refractivity (Wildman–Crippen MR) is 109 cm³/mol. The summed E-state index contributed by atoms with van der Waals surface area (Å²) >= 11 is 0. The van der Waals surface area contributed by atoms with Gasteiger partial charge in [-0.25, -0.2) is 14.4 Å². The molecule has 0 aliphatic carbocycles. The fourth-order valence-corrected chi connectivity index (χ4v) is 3.34. The third kappa shape index (κ3) is 2.85. The van der Waals surface area contributed by atoms with Crippen LogP contribution in [-0.2, 0) is 7.05 Å². The van der Waals surface area contributed by atoms with Crippen molar-refractivity contribution in [2.45, 2.75) is 0 Å². The maximum absolute atomic E-state index is 14.4. The first-order valence-corrected chi connectivity index (χ1v) is 8.88. The van der Waals surface area contributed by atoms with Crippen LogP contribution in [0.2, 0.25) is 0 Å². The minimum atomic E-state index is -0.455. The molecular weight excluding hydrogens is 353 g/mol. The second-order valence-electron chi connectivity index (χ2n) is 6.62. The lowest BCUT2D eigenvalue weighted by atomic mass is 10.0. The molecule has 0 unspecified atom stereocenters. The van der Waals surface area contributed by atoms with Crippen LogP contribution in [0.25, 0.3) is 32.9 Å². The largest absolute Gasteiger partial charge is 0.324 e. The maximum Gasteiger partial charge on any atom is 0.227 e. The summed E-state index contributed by atoms with van der Waals surface area (Å²) in [4.78, 5) is 8.50. The van der Waals surface area contributed by atoms with Crippen molar-refractivity contribution >= 4 is 33.3 Å². The molecule has 2 aromatic heterocycles. The molecule has 1 N–H and O–H groups in total. The number of anilines is 2. The minimum absolute atomic E-state index is 0.269. The van der Waals surface area contributed by atoms with E-state index >= 15 is 0 Å². The second kappa shape index (κ2) is 6.42. The highest BCUT2D eigenvalue weighted by atomic mass is 19.1. The quantitative estimate of drug-likeness (QED) is 0.483. The van der Waals surface area contributed by atoms with Crippen molar-refractivity contribution in [3.63, 3.8) is 0 Å². The van der Waals surface area contributed by atoms with Crippen molar-refractivity contribution in [1.82, 2.24) is 19.7 Å². The zero-order chi connectivity index (χ0) is 19.1. The SMILES string of the molecule is Cn1ncc2cc(Nc3ncc(F)c(-c4ccc5ccccc5c4)n3)ccc21. The zero-order valence-electron chi connectivity index (χ0n) is 15.1. The molecule has 28 heavy (non-hydrogen) atoms. The van der Waals surface area contributed by atoms with Gasteiger partial charge in [-0.05, 0) is 35.0 Å². The third-order valence-electron chi connectivity index (χ3n) is 4.77. The molecule has 5 rings (SSSR count). The number of nitrogens with zero attached hydrogens (tertiary/aromatic N) is 4. The van der Waals surface area contributed by atoms with Crippen LogP contribution >= 0.6 is 0 Å². The topological polar surface area (TPSA) is 55.6 Å². The van der Waals surface area contributed by atoms with E-state index in [9.17, 15) is 4.39 Å². The van der Waals surface area contributed by atoms with Crippen LogP contribution in [0.4, 0.5) is 16.0 Å². The molecule has 0 bridgehead atoms. The summed E-state index contributed by atoms with van der Waals surface area (Å²) in [5.41, 5.74) is 2.83. The summed E-state index contributed by atoms with van der Waals surface area (Å²) in [6, 6.07) is 19.6. The summed E-state index contributed by atoms with van der Waals surface area (Å²) in [5.74, 6) is -0.114. The Kier molecular flexibility index (Phi) is 3.76. The van der Waals surface area contributed by atoms with E-state index in [1.165, 1.54) is 6.20 Å². The van der Waals surface area contributed by atoms with Crippen LogP contribution < -0.4 is 5.32 Å². The van der Waals surface area contributed by atoms with E-state index in [1.807, 2.05) is 72.4 Å². The van der Waals surface area contributed by atoms with Gasteiger partial charge in [-0.3, -0.25) is 4.68 Å². The Balaban J connectivity index is 1.52. The molecule has 0 saturated heterocycles. The first-order valence-electron chi connectivity index (χ1n) is 8.88. The molecule has 3 aromatic carbocycles. The fraction of sp³-hybridized carbons (Fsp3) is 0.0455.